The minimum atomic E-state index is -0.666. The van der Waals surface area contributed by atoms with E-state index < -0.39 is 11.8 Å². The molecule has 1 N–H and O–H groups in total. The molecule has 1 aliphatic heterocycles. The first-order valence-corrected chi connectivity index (χ1v) is 10.9. The number of nitrogens with zero attached hydrogens (tertiary/aromatic N) is 2. The number of nitrogens with one attached hydrogen (secondary N) is 1. The van der Waals surface area contributed by atoms with Crippen LogP contribution in [0.3, 0.4) is 0 Å². The predicted octanol–water partition coefficient (Wildman–Crippen LogP) is 3.22. The van der Waals surface area contributed by atoms with E-state index in [1.807, 2.05) is 11.6 Å². The fraction of sp³-hybridized carbons (Fsp3) is 0.522. The molecule has 0 saturated heterocycles. The second-order valence-corrected chi connectivity index (χ2v) is 7.59. The number of hydrogen-bond acceptors (Lipinski definition) is 5. The van der Waals surface area contributed by atoms with Crippen LogP contribution in [-0.4, -0.2) is 48.0 Å². The lowest BCUT2D eigenvalue weighted by Gasteiger charge is -2.11. The van der Waals surface area contributed by atoms with Crippen LogP contribution >= 0.6 is 0 Å². The maximum absolute atomic E-state index is 13.9. The Kier molecular flexibility index (Phi) is 8.17. The van der Waals surface area contributed by atoms with Crippen molar-refractivity contribution >= 4 is 11.9 Å². The molecule has 7 nitrogen and oxygen atoms in total. The number of rotatable bonds is 6. The number of esters is 1. The maximum Gasteiger partial charge on any atom is 0.341 e. The molecule has 1 aromatic carbocycles. The van der Waals surface area contributed by atoms with E-state index in [2.05, 4.69) is 10.4 Å². The summed E-state index contributed by atoms with van der Waals surface area (Å²) in [5.41, 5.74) is 2.83. The number of halogens is 1. The summed E-state index contributed by atoms with van der Waals surface area (Å²) in [7, 11) is 0. The highest BCUT2D eigenvalue weighted by Gasteiger charge is 2.23. The van der Waals surface area contributed by atoms with E-state index in [1.54, 1.807) is 19.1 Å². The summed E-state index contributed by atoms with van der Waals surface area (Å²) in [6.45, 7) is 6.13. The van der Waals surface area contributed by atoms with Gasteiger partial charge in [0.2, 0.25) is 0 Å². The topological polar surface area (TPSA) is 82.5 Å². The second kappa shape index (κ2) is 11.0. The molecule has 0 radical (unpaired) electrons. The SMILES string of the molecule is CCc1nn(CCCOC(=O)c2c(C)cccc2F)c2c1C(=O)NCCCOCCC2. The molecule has 1 aliphatic rings. The third kappa shape index (κ3) is 5.70. The summed E-state index contributed by atoms with van der Waals surface area (Å²) >= 11 is 0. The Morgan fingerprint density at radius 2 is 2.13 bits per heavy atom. The number of benzene rings is 1. The van der Waals surface area contributed by atoms with E-state index in [0.29, 0.717) is 56.7 Å². The molecule has 8 heteroatoms. The quantitative estimate of drug-likeness (QED) is 0.561. The summed E-state index contributed by atoms with van der Waals surface area (Å²) < 4.78 is 26.7. The minimum absolute atomic E-state index is 0.0278. The van der Waals surface area contributed by atoms with Crippen molar-refractivity contribution in [1.82, 2.24) is 15.1 Å². The lowest BCUT2D eigenvalue weighted by atomic mass is 10.1. The van der Waals surface area contributed by atoms with Crippen LogP contribution in [0.15, 0.2) is 18.2 Å². The van der Waals surface area contributed by atoms with Gasteiger partial charge in [-0.25, -0.2) is 9.18 Å². The zero-order chi connectivity index (χ0) is 22.2. The predicted molar refractivity (Wildman–Crippen MR) is 114 cm³/mol. The van der Waals surface area contributed by atoms with Gasteiger partial charge in [0.15, 0.2) is 0 Å². The third-order valence-electron chi connectivity index (χ3n) is 5.32. The number of amides is 1. The van der Waals surface area contributed by atoms with Gasteiger partial charge in [0.1, 0.15) is 5.82 Å². The molecule has 2 heterocycles. The lowest BCUT2D eigenvalue weighted by Crippen LogP contribution is -2.26. The molecular formula is C23H30FN3O4. The minimum Gasteiger partial charge on any atom is -0.462 e. The van der Waals surface area contributed by atoms with Gasteiger partial charge >= 0.3 is 5.97 Å². The Morgan fingerprint density at radius 3 is 2.90 bits per heavy atom. The molecule has 31 heavy (non-hydrogen) atoms. The largest absolute Gasteiger partial charge is 0.462 e. The molecule has 0 fully saturated rings. The first-order chi connectivity index (χ1) is 15.0. The van der Waals surface area contributed by atoms with Crippen molar-refractivity contribution in [3.63, 3.8) is 0 Å². The highest BCUT2D eigenvalue weighted by atomic mass is 19.1. The van der Waals surface area contributed by atoms with E-state index in [1.165, 1.54) is 6.07 Å². The number of carbonyl (C=O) groups excluding carboxylic acids is 2. The summed E-state index contributed by atoms with van der Waals surface area (Å²) in [4.78, 5) is 25.0. The molecular weight excluding hydrogens is 401 g/mol. The number of aromatic nitrogens is 2. The van der Waals surface area contributed by atoms with Crippen molar-refractivity contribution < 1.29 is 23.5 Å². The van der Waals surface area contributed by atoms with Crippen LogP contribution in [0.25, 0.3) is 0 Å². The van der Waals surface area contributed by atoms with Crippen molar-refractivity contribution in [2.24, 2.45) is 0 Å². The number of fused-ring (bicyclic) bond motifs is 1. The molecule has 3 rings (SSSR count). The first-order valence-electron chi connectivity index (χ1n) is 10.9. The van der Waals surface area contributed by atoms with Gasteiger partial charge in [-0.05, 0) is 44.2 Å². The summed E-state index contributed by atoms with van der Waals surface area (Å²) in [6.07, 6.45) is 3.43. The van der Waals surface area contributed by atoms with Crippen LogP contribution in [0.4, 0.5) is 4.39 Å². The van der Waals surface area contributed by atoms with E-state index >= 15 is 0 Å². The monoisotopic (exact) mass is 431 g/mol. The Morgan fingerprint density at radius 1 is 1.32 bits per heavy atom. The second-order valence-electron chi connectivity index (χ2n) is 7.59. The van der Waals surface area contributed by atoms with Crippen LogP contribution in [0.1, 0.15) is 63.9 Å². The van der Waals surface area contributed by atoms with Crippen molar-refractivity contribution in [3.05, 3.63) is 52.1 Å². The van der Waals surface area contributed by atoms with Gasteiger partial charge in [0.05, 0.1) is 29.1 Å². The number of aryl methyl sites for hydroxylation is 3. The Hall–Kier alpha value is -2.74. The van der Waals surface area contributed by atoms with Crippen LogP contribution in [0.5, 0.6) is 0 Å². The number of carbonyl (C=O) groups is 2. The normalized spacial score (nSPS) is 15.0. The van der Waals surface area contributed by atoms with Gasteiger partial charge in [0, 0.05) is 32.7 Å². The van der Waals surface area contributed by atoms with Crippen molar-refractivity contribution in [2.45, 2.75) is 52.5 Å². The standard InChI is InChI=1S/C23H30FN3O4/c1-3-18-21-19(10-5-13-30-14-6-11-25-22(21)28)27(26-18)12-7-15-31-23(29)20-16(2)8-4-9-17(20)24/h4,8-9H,3,5-7,10-15H2,1-2H3,(H,25,28). The van der Waals surface area contributed by atoms with Crippen molar-refractivity contribution in [3.8, 4) is 0 Å². The van der Waals surface area contributed by atoms with Crippen molar-refractivity contribution in [2.75, 3.05) is 26.4 Å². The molecule has 0 unspecified atom stereocenters. The molecule has 1 amide bonds. The van der Waals surface area contributed by atoms with E-state index in [-0.39, 0.29) is 18.1 Å². The average Bonchev–Trinajstić information content (AvgIpc) is 3.08. The van der Waals surface area contributed by atoms with Crippen LogP contribution in [-0.2, 0) is 28.9 Å². The zero-order valence-electron chi connectivity index (χ0n) is 18.2. The van der Waals surface area contributed by atoms with E-state index in [0.717, 1.165) is 24.2 Å². The Bertz CT molecular complexity index is 906. The maximum atomic E-state index is 13.9. The lowest BCUT2D eigenvalue weighted by molar-refractivity contribution is 0.0488. The van der Waals surface area contributed by atoms with Crippen molar-refractivity contribution in [1.29, 1.82) is 0 Å². The van der Waals surface area contributed by atoms with Crippen LogP contribution in [0, 0.1) is 12.7 Å². The fourth-order valence-corrected chi connectivity index (χ4v) is 3.75. The number of ether oxygens (including phenoxy) is 2. The van der Waals surface area contributed by atoms with Gasteiger partial charge in [-0.2, -0.15) is 5.10 Å². The van der Waals surface area contributed by atoms with Gasteiger partial charge in [-0.15, -0.1) is 0 Å². The summed E-state index contributed by atoms with van der Waals surface area (Å²) in [5, 5.41) is 7.60. The average molecular weight is 432 g/mol. The van der Waals surface area contributed by atoms with Gasteiger partial charge < -0.3 is 14.8 Å². The Balaban J connectivity index is 1.67. The highest BCUT2D eigenvalue weighted by Crippen LogP contribution is 2.19. The summed E-state index contributed by atoms with van der Waals surface area (Å²) in [5.74, 6) is -1.34. The van der Waals surface area contributed by atoms with Gasteiger partial charge in [-0.1, -0.05) is 19.1 Å². The molecule has 0 atom stereocenters. The molecule has 0 spiro atoms. The molecule has 0 aliphatic carbocycles. The molecule has 2 aromatic rings. The van der Waals surface area contributed by atoms with Crippen LogP contribution < -0.4 is 5.32 Å². The fourth-order valence-electron chi connectivity index (χ4n) is 3.75. The van der Waals surface area contributed by atoms with E-state index in [9.17, 15) is 14.0 Å². The van der Waals surface area contributed by atoms with E-state index in [4.69, 9.17) is 9.47 Å². The molecule has 1 aromatic heterocycles. The Labute approximate surface area is 181 Å². The zero-order valence-corrected chi connectivity index (χ0v) is 18.2. The highest BCUT2D eigenvalue weighted by molar-refractivity contribution is 5.96. The number of hydrogen-bond donors (Lipinski definition) is 1. The van der Waals surface area contributed by atoms with Gasteiger partial charge in [0.25, 0.3) is 5.91 Å². The van der Waals surface area contributed by atoms with Gasteiger partial charge in [-0.3, -0.25) is 9.48 Å². The van der Waals surface area contributed by atoms with Crippen LogP contribution in [0.2, 0.25) is 0 Å². The smallest absolute Gasteiger partial charge is 0.341 e. The molecule has 0 saturated carbocycles. The summed E-state index contributed by atoms with van der Waals surface area (Å²) in [6, 6.07) is 4.49. The molecule has 0 bridgehead atoms. The third-order valence-corrected chi connectivity index (χ3v) is 5.32. The molecule has 168 valence electrons. The first kappa shape index (κ1) is 22.9.